The molecule has 0 radical (unpaired) electrons. The van der Waals surface area contributed by atoms with Crippen LogP contribution in [0.5, 0.6) is 0 Å². The zero-order valence-electron chi connectivity index (χ0n) is 12.3. The summed E-state index contributed by atoms with van der Waals surface area (Å²) in [7, 11) is 2.19. The summed E-state index contributed by atoms with van der Waals surface area (Å²) >= 11 is 6.08. The normalized spacial score (nSPS) is 19.2. The number of rotatable bonds is 5. The van der Waals surface area contributed by atoms with Crippen molar-refractivity contribution < 1.29 is 4.39 Å². The third-order valence-corrected chi connectivity index (χ3v) is 4.60. The van der Waals surface area contributed by atoms with Crippen molar-refractivity contribution in [2.45, 2.75) is 32.2 Å². The van der Waals surface area contributed by atoms with Gasteiger partial charge in [0.05, 0.1) is 0 Å². The van der Waals surface area contributed by atoms with E-state index in [-0.39, 0.29) is 11.9 Å². The summed E-state index contributed by atoms with van der Waals surface area (Å²) in [5, 5.41) is 4.00. The second-order valence-electron chi connectivity index (χ2n) is 5.88. The lowest BCUT2D eigenvalue weighted by molar-refractivity contribution is 0.211. The number of nitrogens with one attached hydrogen (secondary N) is 1. The summed E-state index contributed by atoms with van der Waals surface area (Å²) in [6.45, 7) is 5.49. The molecule has 0 spiro atoms. The molecule has 1 atom stereocenters. The number of hydrogen-bond donors (Lipinski definition) is 1. The van der Waals surface area contributed by atoms with Gasteiger partial charge in [-0.05, 0) is 76.5 Å². The van der Waals surface area contributed by atoms with E-state index in [1.54, 1.807) is 6.07 Å². The van der Waals surface area contributed by atoms with E-state index in [1.807, 2.05) is 0 Å². The predicted octanol–water partition coefficient (Wildman–Crippen LogP) is 3.86. The lowest BCUT2D eigenvalue weighted by Gasteiger charge is -2.29. The van der Waals surface area contributed by atoms with Crippen LogP contribution >= 0.6 is 11.6 Å². The first-order valence-corrected chi connectivity index (χ1v) is 7.81. The molecule has 1 fully saturated rings. The molecule has 0 aliphatic carbocycles. The third kappa shape index (κ3) is 4.44. The summed E-state index contributed by atoms with van der Waals surface area (Å²) in [5.41, 5.74) is 0.969. The molecule has 112 valence electrons. The molecule has 4 heteroatoms. The Labute approximate surface area is 126 Å². The SMILES string of the molecule is CC(NCCC1CCN(C)CC1)c1ccc(F)cc1Cl. The zero-order chi connectivity index (χ0) is 14.5. The van der Waals surface area contributed by atoms with Gasteiger partial charge in [0.15, 0.2) is 0 Å². The molecule has 2 rings (SSSR count). The van der Waals surface area contributed by atoms with Crippen molar-refractivity contribution in [3.8, 4) is 0 Å². The molecule has 0 bridgehead atoms. The highest BCUT2D eigenvalue weighted by molar-refractivity contribution is 6.31. The highest BCUT2D eigenvalue weighted by atomic mass is 35.5. The van der Waals surface area contributed by atoms with Crippen LogP contribution in [0.2, 0.25) is 5.02 Å². The molecule has 20 heavy (non-hydrogen) atoms. The van der Waals surface area contributed by atoms with Crippen molar-refractivity contribution in [3.05, 3.63) is 34.6 Å². The zero-order valence-corrected chi connectivity index (χ0v) is 13.1. The fourth-order valence-electron chi connectivity index (χ4n) is 2.82. The van der Waals surface area contributed by atoms with Crippen LogP contribution in [0.4, 0.5) is 4.39 Å². The van der Waals surface area contributed by atoms with Gasteiger partial charge in [0, 0.05) is 11.1 Å². The van der Waals surface area contributed by atoms with Crippen molar-refractivity contribution in [1.29, 1.82) is 0 Å². The Balaban J connectivity index is 1.76. The molecule has 1 unspecified atom stereocenters. The van der Waals surface area contributed by atoms with Gasteiger partial charge in [-0.25, -0.2) is 4.39 Å². The summed E-state index contributed by atoms with van der Waals surface area (Å²) in [6.07, 6.45) is 3.80. The highest BCUT2D eigenvalue weighted by Crippen LogP contribution is 2.24. The van der Waals surface area contributed by atoms with E-state index in [1.165, 1.54) is 44.5 Å². The average molecular weight is 299 g/mol. The molecule has 1 aromatic rings. The van der Waals surface area contributed by atoms with E-state index in [4.69, 9.17) is 11.6 Å². The van der Waals surface area contributed by atoms with Gasteiger partial charge in [-0.1, -0.05) is 17.7 Å². The average Bonchev–Trinajstić information content (AvgIpc) is 2.41. The molecule has 0 aromatic heterocycles. The van der Waals surface area contributed by atoms with Crippen LogP contribution in [0.25, 0.3) is 0 Å². The Morgan fingerprint density at radius 1 is 1.40 bits per heavy atom. The minimum Gasteiger partial charge on any atom is -0.310 e. The fourth-order valence-corrected chi connectivity index (χ4v) is 3.15. The molecule has 0 amide bonds. The molecular weight excluding hydrogens is 275 g/mol. The Hall–Kier alpha value is -0.640. The lowest BCUT2D eigenvalue weighted by atomic mass is 9.93. The van der Waals surface area contributed by atoms with Gasteiger partial charge in [-0.2, -0.15) is 0 Å². The molecule has 2 nitrogen and oxygen atoms in total. The number of piperidine rings is 1. The maximum atomic E-state index is 13.0. The number of benzene rings is 1. The Kier molecular flexibility index (Phi) is 5.82. The quantitative estimate of drug-likeness (QED) is 0.888. The van der Waals surface area contributed by atoms with Gasteiger partial charge in [0.2, 0.25) is 0 Å². The third-order valence-electron chi connectivity index (χ3n) is 4.27. The molecule has 1 aliphatic heterocycles. The van der Waals surface area contributed by atoms with Crippen molar-refractivity contribution in [2.24, 2.45) is 5.92 Å². The van der Waals surface area contributed by atoms with Gasteiger partial charge < -0.3 is 10.2 Å². The van der Waals surface area contributed by atoms with Gasteiger partial charge >= 0.3 is 0 Å². The summed E-state index contributed by atoms with van der Waals surface area (Å²) < 4.78 is 13.0. The van der Waals surface area contributed by atoms with E-state index in [0.717, 1.165) is 18.0 Å². The van der Waals surface area contributed by atoms with Crippen molar-refractivity contribution in [1.82, 2.24) is 10.2 Å². The number of nitrogens with zero attached hydrogens (tertiary/aromatic N) is 1. The molecular formula is C16H24ClFN2. The minimum atomic E-state index is -0.280. The Morgan fingerprint density at radius 3 is 2.75 bits per heavy atom. The predicted molar refractivity (Wildman–Crippen MR) is 82.7 cm³/mol. The maximum absolute atomic E-state index is 13.0. The summed E-state index contributed by atoms with van der Waals surface area (Å²) in [6, 6.07) is 4.78. The van der Waals surface area contributed by atoms with Crippen molar-refractivity contribution in [3.63, 3.8) is 0 Å². The van der Waals surface area contributed by atoms with E-state index < -0.39 is 0 Å². The minimum absolute atomic E-state index is 0.161. The molecule has 1 aliphatic rings. The van der Waals surface area contributed by atoms with Crippen LogP contribution in [0, 0.1) is 11.7 Å². The van der Waals surface area contributed by atoms with Gasteiger partial charge in [-0.15, -0.1) is 0 Å². The van der Waals surface area contributed by atoms with Gasteiger partial charge in [0.1, 0.15) is 5.82 Å². The first-order chi connectivity index (χ1) is 9.56. The molecule has 1 heterocycles. The first-order valence-electron chi connectivity index (χ1n) is 7.43. The van der Waals surface area contributed by atoms with E-state index in [0.29, 0.717) is 5.02 Å². The standard InChI is InChI=1S/C16H24ClFN2/c1-12(15-4-3-14(18)11-16(15)17)19-8-5-13-6-9-20(2)10-7-13/h3-4,11-13,19H,5-10H2,1-2H3. The molecule has 1 N–H and O–H groups in total. The van der Waals surface area contributed by atoms with Crippen LogP contribution in [-0.4, -0.2) is 31.6 Å². The first kappa shape index (κ1) is 15.7. The maximum Gasteiger partial charge on any atom is 0.124 e. The van der Waals surface area contributed by atoms with Crippen LogP contribution in [0.1, 0.15) is 37.8 Å². The van der Waals surface area contributed by atoms with E-state index >= 15 is 0 Å². The van der Waals surface area contributed by atoms with Crippen LogP contribution in [0.15, 0.2) is 18.2 Å². The molecule has 1 aromatic carbocycles. The topological polar surface area (TPSA) is 15.3 Å². The van der Waals surface area contributed by atoms with Crippen molar-refractivity contribution in [2.75, 3.05) is 26.7 Å². The molecule has 0 saturated carbocycles. The highest BCUT2D eigenvalue weighted by Gasteiger charge is 2.17. The Bertz CT molecular complexity index is 430. The smallest absolute Gasteiger partial charge is 0.124 e. The monoisotopic (exact) mass is 298 g/mol. The van der Waals surface area contributed by atoms with Crippen LogP contribution < -0.4 is 5.32 Å². The number of likely N-dealkylation sites (tertiary alicyclic amines) is 1. The number of hydrogen-bond acceptors (Lipinski definition) is 2. The second-order valence-corrected chi connectivity index (χ2v) is 6.28. The Morgan fingerprint density at radius 2 is 2.10 bits per heavy atom. The van der Waals surface area contributed by atoms with Crippen LogP contribution in [0.3, 0.4) is 0 Å². The summed E-state index contributed by atoms with van der Waals surface area (Å²) in [5.74, 6) is 0.548. The summed E-state index contributed by atoms with van der Waals surface area (Å²) in [4.78, 5) is 2.39. The lowest BCUT2D eigenvalue weighted by Crippen LogP contribution is -2.32. The van der Waals surface area contributed by atoms with Gasteiger partial charge in [0.25, 0.3) is 0 Å². The van der Waals surface area contributed by atoms with E-state index in [2.05, 4.69) is 24.2 Å². The second kappa shape index (κ2) is 7.39. The molecule has 1 saturated heterocycles. The van der Waals surface area contributed by atoms with Crippen molar-refractivity contribution >= 4 is 11.6 Å². The largest absolute Gasteiger partial charge is 0.310 e. The van der Waals surface area contributed by atoms with E-state index in [9.17, 15) is 4.39 Å². The fraction of sp³-hybridized carbons (Fsp3) is 0.625. The van der Waals surface area contributed by atoms with Gasteiger partial charge in [-0.3, -0.25) is 0 Å². The van der Waals surface area contributed by atoms with Crippen LogP contribution in [-0.2, 0) is 0 Å². The number of halogens is 2.